The molecule has 0 aliphatic heterocycles. The van der Waals surface area contributed by atoms with E-state index >= 15 is 0 Å². The second-order valence-corrected chi connectivity index (χ2v) is 6.13. The summed E-state index contributed by atoms with van der Waals surface area (Å²) in [6.07, 6.45) is 0.656. The molecule has 0 saturated heterocycles. The van der Waals surface area contributed by atoms with Gasteiger partial charge in [0.2, 0.25) is 0 Å². The van der Waals surface area contributed by atoms with Gasteiger partial charge in [-0.05, 0) is 36.4 Å². The molecule has 0 atom stereocenters. The van der Waals surface area contributed by atoms with E-state index < -0.39 is 7.82 Å². The molecule has 0 radical (unpaired) electrons. The van der Waals surface area contributed by atoms with Gasteiger partial charge in [-0.2, -0.15) is 12.6 Å². The SMILES string of the molecule is O=P(OCCCS)(Oc1ccccc1)Oc1ccccc1. The topological polar surface area (TPSA) is 44.8 Å². The number of benzene rings is 2. The van der Waals surface area contributed by atoms with Gasteiger partial charge in [0.1, 0.15) is 11.5 Å². The van der Waals surface area contributed by atoms with Crippen LogP contribution in [0.5, 0.6) is 11.5 Å². The maximum Gasteiger partial charge on any atom is 0.587 e. The second-order valence-electron chi connectivity index (χ2n) is 4.17. The molecule has 0 aromatic heterocycles. The van der Waals surface area contributed by atoms with Crippen LogP contribution in [0.4, 0.5) is 0 Å². The lowest BCUT2D eigenvalue weighted by Gasteiger charge is -2.18. The highest BCUT2D eigenvalue weighted by Gasteiger charge is 2.30. The molecule has 0 N–H and O–H groups in total. The van der Waals surface area contributed by atoms with Crippen LogP contribution in [0.1, 0.15) is 6.42 Å². The van der Waals surface area contributed by atoms with Crippen LogP contribution < -0.4 is 9.05 Å². The first-order valence-electron chi connectivity index (χ1n) is 6.56. The average molecular weight is 324 g/mol. The fourth-order valence-corrected chi connectivity index (χ4v) is 2.92. The molecule has 0 amide bonds. The zero-order valence-electron chi connectivity index (χ0n) is 11.4. The van der Waals surface area contributed by atoms with Crippen molar-refractivity contribution in [3.05, 3.63) is 60.7 Å². The number of hydrogen-bond donors (Lipinski definition) is 1. The normalized spacial score (nSPS) is 11.1. The van der Waals surface area contributed by atoms with Crippen LogP contribution in [0.25, 0.3) is 0 Å². The molecule has 21 heavy (non-hydrogen) atoms. The molecule has 2 aromatic carbocycles. The summed E-state index contributed by atoms with van der Waals surface area (Å²) in [5, 5.41) is 0. The van der Waals surface area contributed by atoms with Crippen molar-refractivity contribution >= 4 is 20.5 Å². The lowest BCUT2D eigenvalue weighted by molar-refractivity contribution is 0.210. The Bertz CT molecular complexity index is 531. The molecule has 0 heterocycles. The summed E-state index contributed by atoms with van der Waals surface area (Å²) in [4.78, 5) is 0. The summed E-state index contributed by atoms with van der Waals surface area (Å²) in [5.41, 5.74) is 0. The molecule has 0 unspecified atom stereocenters. The Hall–Kier alpha value is -1.42. The smallest absolute Gasteiger partial charge is 0.395 e. The van der Waals surface area contributed by atoms with Crippen molar-refractivity contribution < 1.29 is 18.1 Å². The van der Waals surface area contributed by atoms with Crippen LogP contribution in [0.3, 0.4) is 0 Å². The van der Waals surface area contributed by atoms with Gasteiger partial charge in [-0.3, -0.25) is 4.52 Å². The molecule has 0 aliphatic rings. The zero-order chi connectivity index (χ0) is 15.0. The molecule has 0 spiro atoms. The van der Waals surface area contributed by atoms with Gasteiger partial charge < -0.3 is 9.05 Å². The zero-order valence-corrected chi connectivity index (χ0v) is 13.2. The third-order valence-corrected chi connectivity index (χ3v) is 4.16. The first-order valence-corrected chi connectivity index (χ1v) is 8.66. The van der Waals surface area contributed by atoms with E-state index in [0.29, 0.717) is 23.7 Å². The van der Waals surface area contributed by atoms with Crippen molar-refractivity contribution in [2.45, 2.75) is 6.42 Å². The summed E-state index contributed by atoms with van der Waals surface area (Å²) in [5.74, 6) is 1.50. The second kappa shape index (κ2) is 8.13. The average Bonchev–Trinajstić information content (AvgIpc) is 2.49. The Morgan fingerprint density at radius 1 is 0.857 bits per heavy atom. The van der Waals surface area contributed by atoms with Crippen LogP contribution >= 0.6 is 20.5 Å². The molecular weight excluding hydrogens is 307 g/mol. The molecule has 0 fully saturated rings. The number of rotatable bonds is 8. The molecule has 0 saturated carbocycles. The van der Waals surface area contributed by atoms with E-state index in [2.05, 4.69) is 12.6 Å². The maximum absolute atomic E-state index is 12.7. The first-order chi connectivity index (χ1) is 10.2. The number of phosphoric ester groups is 1. The minimum atomic E-state index is -3.73. The van der Waals surface area contributed by atoms with Crippen LogP contribution in [-0.2, 0) is 9.09 Å². The van der Waals surface area contributed by atoms with E-state index in [9.17, 15) is 4.57 Å². The van der Waals surface area contributed by atoms with Gasteiger partial charge in [0, 0.05) is 0 Å². The third kappa shape index (κ3) is 5.46. The minimum absolute atomic E-state index is 0.250. The van der Waals surface area contributed by atoms with Gasteiger partial charge in [-0.1, -0.05) is 36.4 Å². The van der Waals surface area contributed by atoms with Crippen LogP contribution in [0.2, 0.25) is 0 Å². The summed E-state index contributed by atoms with van der Waals surface area (Å²) in [6.45, 7) is 0.250. The van der Waals surface area contributed by atoms with Crippen molar-refractivity contribution in [1.82, 2.24) is 0 Å². The minimum Gasteiger partial charge on any atom is -0.395 e. The Morgan fingerprint density at radius 2 is 1.33 bits per heavy atom. The maximum atomic E-state index is 12.7. The van der Waals surface area contributed by atoms with Crippen molar-refractivity contribution in [1.29, 1.82) is 0 Å². The molecule has 6 heteroatoms. The van der Waals surface area contributed by atoms with Gasteiger partial charge in [-0.15, -0.1) is 0 Å². The van der Waals surface area contributed by atoms with Crippen LogP contribution in [-0.4, -0.2) is 12.4 Å². The molecule has 0 aliphatic carbocycles. The fraction of sp³-hybridized carbons (Fsp3) is 0.200. The van der Waals surface area contributed by atoms with Gasteiger partial charge in [0.05, 0.1) is 6.61 Å². The van der Waals surface area contributed by atoms with Gasteiger partial charge in [-0.25, -0.2) is 4.57 Å². The Kier molecular flexibility index (Phi) is 6.18. The standard InChI is InChI=1S/C15H17O4PS/c16-20(17-12-7-13-21,18-14-8-3-1-4-9-14)19-15-10-5-2-6-11-15/h1-6,8-11,21H,7,12-13H2. The van der Waals surface area contributed by atoms with E-state index in [-0.39, 0.29) is 6.61 Å². The van der Waals surface area contributed by atoms with Crippen LogP contribution in [0.15, 0.2) is 60.7 Å². The first kappa shape index (κ1) is 16.0. The Morgan fingerprint density at radius 3 is 1.76 bits per heavy atom. The quantitative estimate of drug-likeness (QED) is 0.438. The van der Waals surface area contributed by atoms with E-state index in [4.69, 9.17) is 13.6 Å². The summed E-state index contributed by atoms with van der Waals surface area (Å²) < 4.78 is 29.0. The van der Waals surface area contributed by atoms with Gasteiger partial charge in [0.15, 0.2) is 0 Å². The van der Waals surface area contributed by atoms with Crippen molar-refractivity contribution in [3.8, 4) is 11.5 Å². The van der Waals surface area contributed by atoms with E-state index in [1.54, 1.807) is 48.5 Å². The molecule has 112 valence electrons. The van der Waals surface area contributed by atoms with Gasteiger partial charge in [0.25, 0.3) is 0 Å². The molecular formula is C15H17O4PS. The highest BCUT2D eigenvalue weighted by atomic mass is 32.1. The van der Waals surface area contributed by atoms with Crippen molar-refractivity contribution in [3.63, 3.8) is 0 Å². The largest absolute Gasteiger partial charge is 0.587 e. The lowest BCUT2D eigenvalue weighted by atomic mass is 10.3. The molecule has 2 rings (SSSR count). The number of phosphoric acid groups is 1. The van der Waals surface area contributed by atoms with Crippen LogP contribution in [0, 0.1) is 0 Å². The number of thiol groups is 1. The summed E-state index contributed by atoms with van der Waals surface area (Å²) in [7, 11) is -3.73. The van der Waals surface area contributed by atoms with E-state index in [1.165, 1.54) is 0 Å². The molecule has 0 bridgehead atoms. The Balaban J connectivity index is 2.11. The number of para-hydroxylation sites is 2. The summed E-state index contributed by atoms with van der Waals surface area (Å²) in [6, 6.07) is 17.6. The number of hydrogen-bond acceptors (Lipinski definition) is 5. The molecule has 2 aromatic rings. The predicted octanol–water partition coefficient (Wildman–Crippen LogP) is 4.59. The summed E-state index contributed by atoms with van der Waals surface area (Å²) >= 11 is 4.10. The highest BCUT2D eigenvalue weighted by Crippen LogP contribution is 2.49. The molecule has 4 nitrogen and oxygen atoms in total. The Labute approximate surface area is 130 Å². The van der Waals surface area contributed by atoms with Gasteiger partial charge >= 0.3 is 7.82 Å². The fourth-order valence-electron chi connectivity index (χ4n) is 1.53. The van der Waals surface area contributed by atoms with Crippen molar-refractivity contribution in [2.75, 3.05) is 12.4 Å². The lowest BCUT2D eigenvalue weighted by Crippen LogP contribution is -2.06. The third-order valence-electron chi connectivity index (χ3n) is 2.47. The van der Waals surface area contributed by atoms with E-state index in [0.717, 1.165) is 0 Å². The monoisotopic (exact) mass is 324 g/mol. The predicted molar refractivity (Wildman–Crippen MR) is 86.2 cm³/mol. The van der Waals surface area contributed by atoms with E-state index in [1.807, 2.05) is 12.1 Å². The van der Waals surface area contributed by atoms with Crippen molar-refractivity contribution in [2.24, 2.45) is 0 Å². The highest BCUT2D eigenvalue weighted by molar-refractivity contribution is 7.80.